The molecule has 0 radical (unpaired) electrons. The van der Waals surface area contributed by atoms with Gasteiger partial charge in [-0.3, -0.25) is 19.5 Å². The van der Waals surface area contributed by atoms with Crippen LogP contribution in [0.2, 0.25) is 0 Å². The number of carbonyl (C=O) groups excluding carboxylic acids is 2. The molecule has 0 saturated carbocycles. The number of aromatic nitrogens is 2. The van der Waals surface area contributed by atoms with E-state index in [2.05, 4.69) is 14.9 Å². The fraction of sp³-hybridized carbons (Fsp3) is 0.429. The first-order valence-electron chi connectivity index (χ1n) is 9.82. The minimum Gasteiger partial charge on any atom is -0.366 e. The van der Waals surface area contributed by atoms with E-state index < -0.39 is 24.3 Å². The zero-order valence-electron chi connectivity index (χ0n) is 16.4. The summed E-state index contributed by atoms with van der Waals surface area (Å²) in [5.41, 5.74) is 1.29. The Bertz CT molecular complexity index is 964. The molecule has 0 N–H and O–H groups in total. The Morgan fingerprint density at radius 1 is 1.23 bits per heavy atom. The lowest BCUT2D eigenvalue weighted by molar-refractivity contribution is -0.168. The SMILES string of the molecule is C[C@@H](CC(=O)c1ccc2c(n1)N(C(=O)Cc1ccccn1)[C@H]1CCN2C1)C(F)(F)F. The molecule has 2 aromatic heterocycles. The summed E-state index contributed by atoms with van der Waals surface area (Å²) in [6.45, 7) is 2.40. The third-order valence-corrected chi connectivity index (χ3v) is 5.62. The first-order valence-corrected chi connectivity index (χ1v) is 9.82. The maximum atomic E-state index is 13.1. The lowest BCUT2D eigenvalue weighted by atomic mass is 10.0. The molecule has 2 aromatic rings. The zero-order valence-corrected chi connectivity index (χ0v) is 16.4. The molecule has 158 valence electrons. The number of anilines is 2. The molecule has 4 rings (SSSR count). The number of halogens is 3. The van der Waals surface area contributed by atoms with Crippen molar-refractivity contribution in [3.05, 3.63) is 47.9 Å². The molecular weight excluding hydrogens is 397 g/mol. The minimum absolute atomic E-state index is 0.0528. The quantitative estimate of drug-likeness (QED) is 0.697. The Morgan fingerprint density at radius 2 is 2.03 bits per heavy atom. The fourth-order valence-corrected chi connectivity index (χ4v) is 3.93. The zero-order chi connectivity index (χ0) is 21.5. The number of fused-ring (bicyclic) bond motifs is 4. The number of ketones is 1. The molecule has 30 heavy (non-hydrogen) atoms. The number of carbonyl (C=O) groups is 2. The van der Waals surface area contributed by atoms with Crippen LogP contribution in [0.3, 0.4) is 0 Å². The molecule has 1 amide bonds. The molecule has 2 aliphatic rings. The van der Waals surface area contributed by atoms with Gasteiger partial charge in [0, 0.05) is 31.4 Å². The van der Waals surface area contributed by atoms with Gasteiger partial charge >= 0.3 is 6.18 Å². The topological polar surface area (TPSA) is 66.4 Å². The van der Waals surface area contributed by atoms with Gasteiger partial charge in [-0.2, -0.15) is 13.2 Å². The summed E-state index contributed by atoms with van der Waals surface area (Å²) in [6.07, 6.45) is -2.66. The van der Waals surface area contributed by atoms with Gasteiger partial charge in [-0.15, -0.1) is 0 Å². The van der Waals surface area contributed by atoms with Gasteiger partial charge in [-0.25, -0.2) is 4.98 Å². The summed E-state index contributed by atoms with van der Waals surface area (Å²) in [7, 11) is 0. The Labute approximate surface area is 171 Å². The second-order valence-corrected chi connectivity index (χ2v) is 7.76. The predicted octanol–water partition coefficient (Wildman–Crippen LogP) is 3.42. The van der Waals surface area contributed by atoms with Crippen molar-refractivity contribution in [2.75, 3.05) is 22.9 Å². The molecule has 1 saturated heterocycles. The molecule has 2 atom stereocenters. The van der Waals surface area contributed by atoms with Crippen LogP contribution in [0.1, 0.15) is 35.9 Å². The standard InChI is InChI=1S/C21H21F3N4O2/c1-13(21(22,23)24)10-18(29)16-5-6-17-20(26-16)28(15-7-9-27(17)12-15)19(30)11-14-4-2-3-8-25-14/h2-6,8,13,15H,7,9-12H2,1H3/t13-,15-/m0/s1. The normalized spacial score (nSPS) is 18.9. The monoisotopic (exact) mass is 418 g/mol. The lowest BCUT2D eigenvalue weighted by Crippen LogP contribution is -2.47. The van der Waals surface area contributed by atoms with E-state index in [4.69, 9.17) is 0 Å². The van der Waals surface area contributed by atoms with Gasteiger partial charge in [0.15, 0.2) is 11.6 Å². The molecule has 0 aliphatic carbocycles. The highest BCUT2D eigenvalue weighted by Crippen LogP contribution is 2.39. The summed E-state index contributed by atoms with van der Waals surface area (Å²) in [6, 6.07) is 8.37. The van der Waals surface area contributed by atoms with Crippen molar-refractivity contribution in [2.45, 2.75) is 38.4 Å². The summed E-state index contributed by atoms with van der Waals surface area (Å²) < 4.78 is 38.5. The van der Waals surface area contributed by atoms with Crippen LogP contribution in [0, 0.1) is 5.92 Å². The van der Waals surface area contributed by atoms with Crippen molar-refractivity contribution in [3.8, 4) is 0 Å². The van der Waals surface area contributed by atoms with Gasteiger partial charge < -0.3 is 4.90 Å². The summed E-state index contributed by atoms with van der Waals surface area (Å²) in [4.78, 5) is 37.8. The number of alkyl halides is 3. The van der Waals surface area contributed by atoms with Crippen molar-refractivity contribution in [1.82, 2.24) is 9.97 Å². The van der Waals surface area contributed by atoms with Crippen LogP contribution >= 0.6 is 0 Å². The van der Waals surface area contributed by atoms with Crippen molar-refractivity contribution in [3.63, 3.8) is 0 Å². The molecule has 6 nitrogen and oxygen atoms in total. The highest BCUT2D eigenvalue weighted by Gasteiger charge is 2.41. The summed E-state index contributed by atoms with van der Waals surface area (Å²) >= 11 is 0. The van der Waals surface area contributed by atoms with E-state index in [9.17, 15) is 22.8 Å². The molecule has 0 aromatic carbocycles. The molecule has 2 bridgehead atoms. The van der Waals surface area contributed by atoms with Crippen LogP contribution in [0.15, 0.2) is 36.5 Å². The number of Topliss-reactive ketones (excluding diaryl/α,β-unsaturated/α-hetero) is 1. The van der Waals surface area contributed by atoms with Crippen molar-refractivity contribution < 1.29 is 22.8 Å². The van der Waals surface area contributed by atoms with E-state index in [0.29, 0.717) is 18.1 Å². The number of nitrogens with zero attached hydrogens (tertiary/aromatic N) is 4. The number of hydrogen-bond donors (Lipinski definition) is 0. The number of pyridine rings is 2. The maximum absolute atomic E-state index is 13.1. The van der Waals surface area contributed by atoms with Crippen LogP contribution in [-0.4, -0.2) is 47.0 Å². The summed E-state index contributed by atoms with van der Waals surface area (Å²) in [5.74, 6) is -2.30. The van der Waals surface area contributed by atoms with Gasteiger partial charge in [-0.1, -0.05) is 13.0 Å². The van der Waals surface area contributed by atoms with Crippen LogP contribution in [-0.2, 0) is 11.2 Å². The van der Waals surface area contributed by atoms with Gasteiger partial charge in [-0.05, 0) is 30.7 Å². The Hall–Kier alpha value is -2.97. The smallest absolute Gasteiger partial charge is 0.366 e. The third-order valence-electron chi connectivity index (χ3n) is 5.62. The van der Waals surface area contributed by atoms with Gasteiger partial charge in [0.1, 0.15) is 5.69 Å². The Morgan fingerprint density at radius 3 is 2.73 bits per heavy atom. The maximum Gasteiger partial charge on any atom is 0.391 e. The highest BCUT2D eigenvalue weighted by molar-refractivity contribution is 6.01. The number of rotatable bonds is 5. The average Bonchev–Trinajstić information content (AvgIpc) is 3.12. The first kappa shape index (κ1) is 20.3. The van der Waals surface area contributed by atoms with Crippen molar-refractivity contribution in [2.24, 2.45) is 5.92 Å². The third kappa shape index (κ3) is 3.88. The Balaban J connectivity index is 1.63. The molecule has 0 spiro atoms. The molecule has 4 heterocycles. The predicted molar refractivity (Wildman–Crippen MR) is 104 cm³/mol. The van der Waals surface area contributed by atoms with Gasteiger partial charge in [0.2, 0.25) is 5.91 Å². The second-order valence-electron chi connectivity index (χ2n) is 7.76. The first-order chi connectivity index (χ1) is 14.2. The largest absolute Gasteiger partial charge is 0.391 e. The van der Waals surface area contributed by atoms with Crippen molar-refractivity contribution >= 4 is 23.2 Å². The van der Waals surface area contributed by atoms with E-state index in [1.807, 2.05) is 0 Å². The highest BCUT2D eigenvalue weighted by atomic mass is 19.4. The van der Waals surface area contributed by atoms with E-state index in [0.717, 1.165) is 25.6 Å². The van der Waals surface area contributed by atoms with E-state index in [1.54, 1.807) is 35.4 Å². The van der Waals surface area contributed by atoms with Gasteiger partial charge in [0.25, 0.3) is 0 Å². The molecule has 1 fully saturated rings. The Kier molecular flexibility index (Phi) is 5.21. The second kappa shape index (κ2) is 7.70. The minimum atomic E-state index is -4.45. The van der Waals surface area contributed by atoms with E-state index in [1.165, 1.54) is 6.07 Å². The average molecular weight is 418 g/mol. The fourth-order valence-electron chi connectivity index (χ4n) is 3.93. The van der Waals surface area contributed by atoms with Crippen molar-refractivity contribution in [1.29, 1.82) is 0 Å². The van der Waals surface area contributed by atoms with Crippen LogP contribution < -0.4 is 9.80 Å². The lowest BCUT2D eigenvalue weighted by Gasteiger charge is -2.36. The van der Waals surface area contributed by atoms with Crippen LogP contribution in [0.4, 0.5) is 24.7 Å². The van der Waals surface area contributed by atoms with Crippen LogP contribution in [0.25, 0.3) is 0 Å². The van der Waals surface area contributed by atoms with Crippen LogP contribution in [0.5, 0.6) is 0 Å². The van der Waals surface area contributed by atoms with E-state index in [-0.39, 0.29) is 24.1 Å². The molecule has 2 aliphatic heterocycles. The number of hydrogen-bond acceptors (Lipinski definition) is 5. The summed E-state index contributed by atoms with van der Waals surface area (Å²) in [5, 5.41) is 0. The number of amides is 1. The van der Waals surface area contributed by atoms with Gasteiger partial charge in [0.05, 0.1) is 24.1 Å². The molecule has 9 heteroatoms. The van der Waals surface area contributed by atoms with E-state index >= 15 is 0 Å². The molecular formula is C21H21F3N4O2. The molecule has 0 unspecified atom stereocenters.